The molecule has 2 N–H and O–H groups in total. The molecule has 1 rings (SSSR count). The van der Waals surface area contributed by atoms with E-state index >= 15 is 0 Å². The Balaban J connectivity index is 2.29. The maximum atomic E-state index is 10.2. The predicted molar refractivity (Wildman–Crippen MR) is 58.8 cm³/mol. The molecule has 0 aliphatic heterocycles. The molecule has 0 atom stereocenters. The van der Waals surface area contributed by atoms with Gasteiger partial charge < -0.3 is 14.9 Å². The zero-order chi connectivity index (χ0) is 11.3. The van der Waals surface area contributed by atoms with Crippen molar-refractivity contribution in [3.63, 3.8) is 0 Å². The molecule has 0 radical (unpaired) electrons. The largest absolute Gasteiger partial charge is 0.507 e. The first kappa shape index (κ1) is 11.7. The molecule has 82 valence electrons. The molecule has 0 aromatic carbocycles. The molecule has 0 saturated heterocycles. The van der Waals surface area contributed by atoms with E-state index in [0.29, 0.717) is 30.1 Å². The second-order valence-electron chi connectivity index (χ2n) is 3.11. The Hall–Kier alpha value is -1.36. The van der Waals surface area contributed by atoms with Crippen molar-refractivity contribution in [1.82, 2.24) is 0 Å². The van der Waals surface area contributed by atoms with Crippen LogP contribution in [0.4, 0.5) is 0 Å². The summed E-state index contributed by atoms with van der Waals surface area (Å²) in [5, 5.41) is 17.7. The Bertz CT molecular complexity index is 330. The zero-order valence-electron chi connectivity index (χ0n) is 8.10. The maximum absolute atomic E-state index is 10.2. The average molecular weight is 228 g/mol. The zero-order valence-corrected chi connectivity index (χ0v) is 8.92. The van der Waals surface area contributed by atoms with E-state index in [9.17, 15) is 9.90 Å². The van der Waals surface area contributed by atoms with Gasteiger partial charge in [0.15, 0.2) is 0 Å². The molecule has 1 aliphatic carbocycles. The van der Waals surface area contributed by atoms with Crippen LogP contribution in [-0.2, 0) is 9.53 Å². The number of aliphatic hydroxyl groups is 1. The van der Waals surface area contributed by atoms with E-state index in [1.165, 1.54) is 6.08 Å². The van der Waals surface area contributed by atoms with Crippen LogP contribution in [0, 0.1) is 0 Å². The highest BCUT2D eigenvalue weighted by molar-refractivity contribution is 7.80. The number of rotatable bonds is 5. The van der Waals surface area contributed by atoms with Gasteiger partial charge in [-0.3, -0.25) is 4.79 Å². The number of thiocarbonyl (C=S) groups is 1. The summed E-state index contributed by atoms with van der Waals surface area (Å²) in [5.41, 5.74) is 0. The summed E-state index contributed by atoms with van der Waals surface area (Å²) in [6.07, 6.45) is 4.24. The number of ether oxygens (including phenoxy) is 1. The first-order valence-electron chi connectivity index (χ1n) is 4.58. The molecule has 0 aromatic heterocycles. The molecule has 0 fully saturated rings. The number of carbonyl (C=O) groups is 1. The Morgan fingerprint density at radius 3 is 2.93 bits per heavy atom. The van der Waals surface area contributed by atoms with Crippen molar-refractivity contribution in [2.45, 2.75) is 19.3 Å². The summed E-state index contributed by atoms with van der Waals surface area (Å²) < 4.78 is 5.25. The van der Waals surface area contributed by atoms with Crippen LogP contribution < -0.4 is 0 Å². The highest BCUT2D eigenvalue weighted by atomic mass is 32.1. The molecule has 5 heteroatoms. The van der Waals surface area contributed by atoms with Crippen molar-refractivity contribution in [1.29, 1.82) is 0 Å². The van der Waals surface area contributed by atoms with Crippen LogP contribution in [0.3, 0.4) is 0 Å². The van der Waals surface area contributed by atoms with Gasteiger partial charge in [-0.2, -0.15) is 0 Å². The lowest BCUT2D eigenvalue weighted by atomic mass is 10.1. The van der Waals surface area contributed by atoms with E-state index in [0.717, 1.165) is 0 Å². The Morgan fingerprint density at radius 2 is 2.33 bits per heavy atom. The third-order valence-corrected chi connectivity index (χ3v) is 2.23. The number of aliphatic carboxylic acids is 1. The van der Waals surface area contributed by atoms with E-state index < -0.39 is 5.97 Å². The molecular formula is C10H12O4S. The molecule has 0 aromatic rings. The standard InChI is InChI=1S/C10H12O4S/c11-8-6-7(3-4-9(8)15)14-5-1-2-10(12)13/h3,6,11H,1-2,4-5H2,(H,12,13). The van der Waals surface area contributed by atoms with Gasteiger partial charge in [-0.1, -0.05) is 12.2 Å². The van der Waals surface area contributed by atoms with Crippen LogP contribution in [0.25, 0.3) is 0 Å². The lowest BCUT2D eigenvalue weighted by Gasteiger charge is -2.11. The molecule has 0 unspecified atom stereocenters. The lowest BCUT2D eigenvalue weighted by Crippen LogP contribution is -2.06. The fraction of sp³-hybridized carbons (Fsp3) is 0.400. The van der Waals surface area contributed by atoms with Crippen molar-refractivity contribution in [2.24, 2.45) is 0 Å². The number of aliphatic hydroxyl groups excluding tert-OH is 1. The average Bonchev–Trinajstić information content (AvgIpc) is 2.18. The van der Waals surface area contributed by atoms with Gasteiger partial charge in [0, 0.05) is 18.9 Å². The normalized spacial score (nSPS) is 15.6. The minimum atomic E-state index is -0.837. The molecule has 1 aliphatic rings. The fourth-order valence-electron chi connectivity index (χ4n) is 1.09. The van der Waals surface area contributed by atoms with Gasteiger partial charge in [0.05, 0.1) is 11.5 Å². The van der Waals surface area contributed by atoms with Crippen LogP contribution in [0.15, 0.2) is 23.7 Å². The first-order valence-corrected chi connectivity index (χ1v) is 4.99. The number of hydrogen-bond acceptors (Lipinski definition) is 4. The minimum Gasteiger partial charge on any atom is -0.507 e. The minimum absolute atomic E-state index is 0.0562. The van der Waals surface area contributed by atoms with Crippen LogP contribution in [0.5, 0.6) is 0 Å². The van der Waals surface area contributed by atoms with Crippen molar-refractivity contribution in [3.05, 3.63) is 23.7 Å². The van der Waals surface area contributed by atoms with Gasteiger partial charge in [-0.05, 0) is 12.5 Å². The quantitative estimate of drug-likeness (QED) is 0.556. The predicted octanol–water partition coefficient (Wildman–Crippen LogP) is 1.97. The molecule has 0 spiro atoms. The van der Waals surface area contributed by atoms with Crippen molar-refractivity contribution in [3.8, 4) is 0 Å². The Kier molecular flexibility index (Phi) is 4.30. The smallest absolute Gasteiger partial charge is 0.303 e. The topological polar surface area (TPSA) is 66.8 Å². The molecule has 0 amide bonds. The van der Waals surface area contributed by atoms with Gasteiger partial charge in [-0.25, -0.2) is 0 Å². The maximum Gasteiger partial charge on any atom is 0.303 e. The molecule has 0 saturated carbocycles. The van der Waals surface area contributed by atoms with Crippen LogP contribution in [0.2, 0.25) is 0 Å². The van der Waals surface area contributed by atoms with E-state index in [2.05, 4.69) is 0 Å². The second kappa shape index (κ2) is 5.50. The summed E-state index contributed by atoms with van der Waals surface area (Å²) in [7, 11) is 0. The fourth-order valence-corrected chi connectivity index (χ4v) is 1.23. The van der Waals surface area contributed by atoms with Crippen molar-refractivity contribution >= 4 is 23.1 Å². The lowest BCUT2D eigenvalue weighted by molar-refractivity contribution is -0.137. The molecule has 0 heterocycles. The van der Waals surface area contributed by atoms with Gasteiger partial charge >= 0.3 is 5.97 Å². The molecule has 0 bridgehead atoms. The summed E-state index contributed by atoms with van der Waals surface area (Å²) in [6.45, 7) is 0.328. The van der Waals surface area contributed by atoms with E-state index in [-0.39, 0.29) is 12.2 Å². The highest BCUT2D eigenvalue weighted by Crippen LogP contribution is 2.14. The Morgan fingerprint density at radius 1 is 1.60 bits per heavy atom. The van der Waals surface area contributed by atoms with Crippen molar-refractivity contribution in [2.75, 3.05) is 6.61 Å². The third kappa shape index (κ3) is 4.12. The number of hydrogen-bond donors (Lipinski definition) is 2. The highest BCUT2D eigenvalue weighted by Gasteiger charge is 2.09. The van der Waals surface area contributed by atoms with E-state index in [4.69, 9.17) is 22.1 Å². The Labute approximate surface area is 92.9 Å². The van der Waals surface area contributed by atoms with Gasteiger partial charge in [0.25, 0.3) is 0 Å². The summed E-state index contributed by atoms with van der Waals surface area (Å²) in [4.78, 5) is 10.7. The van der Waals surface area contributed by atoms with Crippen LogP contribution >= 0.6 is 12.2 Å². The summed E-state index contributed by atoms with van der Waals surface area (Å²) in [6, 6.07) is 0. The van der Waals surface area contributed by atoms with Gasteiger partial charge in [-0.15, -0.1) is 0 Å². The molecule has 15 heavy (non-hydrogen) atoms. The monoisotopic (exact) mass is 228 g/mol. The number of carboxylic acids is 1. The van der Waals surface area contributed by atoms with Crippen LogP contribution in [-0.4, -0.2) is 27.7 Å². The summed E-state index contributed by atoms with van der Waals surface area (Å²) in [5.74, 6) is -0.233. The number of carboxylic acid groups (broad SMARTS) is 1. The number of allylic oxidation sites excluding steroid dienone is 3. The summed E-state index contributed by atoms with van der Waals surface area (Å²) >= 11 is 4.85. The van der Waals surface area contributed by atoms with Crippen molar-refractivity contribution < 1.29 is 19.7 Å². The molecule has 4 nitrogen and oxygen atoms in total. The second-order valence-corrected chi connectivity index (χ2v) is 3.60. The van der Waals surface area contributed by atoms with E-state index in [1.807, 2.05) is 0 Å². The molecular weight excluding hydrogens is 216 g/mol. The third-order valence-electron chi connectivity index (χ3n) is 1.86. The van der Waals surface area contributed by atoms with Gasteiger partial charge in [0.2, 0.25) is 0 Å². The van der Waals surface area contributed by atoms with Crippen LogP contribution in [0.1, 0.15) is 19.3 Å². The SMILES string of the molecule is O=C(O)CCCOC1=CCC(=S)C(O)=C1. The van der Waals surface area contributed by atoms with E-state index in [1.54, 1.807) is 6.08 Å². The first-order chi connectivity index (χ1) is 7.09. The van der Waals surface area contributed by atoms with Gasteiger partial charge in [0.1, 0.15) is 11.5 Å².